The van der Waals surface area contributed by atoms with Crippen LogP contribution < -0.4 is 4.74 Å². The minimum Gasteiger partial charge on any atom is -0.474 e. The van der Waals surface area contributed by atoms with Crippen molar-refractivity contribution in [3.63, 3.8) is 0 Å². The van der Waals surface area contributed by atoms with E-state index in [-0.39, 0.29) is 29.5 Å². The normalized spacial score (nSPS) is 18.2. The fourth-order valence-electron chi connectivity index (χ4n) is 4.84. The summed E-state index contributed by atoms with van der Waals surface area (Å²) in [7, 11) is 0. The van der Waals surface area contributed by atoms with E-state index in [1.54, 1.807) is 12.3 Å². The Kier molecular flexibility index (Phi) is 8.14. The highest BCUT2D eigenvalue weighted by Crippen LogP contribution is 2.32. The molecule has 1 aliphatic carbocycles. The van der Waals surface area contributed by atoms with Crippen LogP contribution in [-0.2, 0) is 17.6 Å². The number of pyridine rings is 1. The molecular weight excluding hydrogens is 470 g/mol. The Morgan fingerprint density at radius 3 is 2.50 bits per heavy atom. The first kappa shape index (κ1) is 26.3. The number of aromatic nitrogens is 1. The van der Waals surface area contributed by atoms with Crippen LogP contribution in [0.3, 0.4) is 0 Å². The van der Waals surface area contributed by atoms with Gasteiger partial charge in [-0.25, -0.2) is 4.98 Å². The van der Waals surface area contributed by atoms with Gasteiger partial charge in [0, 0.05) is 35.4 Å². The number of ether oxygens (including phenoxy) is 1. The smallest absolute Gasteiger partial charge is 0.221 e. The maximum atomic E-state index is 13.4. The van der Waals surface area contributed by atoms with Crippen LogP contribution in [0.25, 0.3) is 10.8 Å². The van der Waals surface area contributed by atoms with Gasteiger partial charge < -0.3 is 4.74 Å². The molecule has 0 spiro atoms. The Labute approximate surface area is 219 Å². The van der Waals surface area contributed by atoms with Crippen molar-refractivity contribution in [2.24, 2.45) is 11.3 Å². The van der Waals surface area contributed by atoms with Crippen molar-refractivity contribution in [2.75, 3.05) is 0 Å². The number of carbonyl (C=O) groups excluding carboxylic acids is 2. The van der Waals surface area contributed by atoms with E-state index in [4.69, 9.17) is 16.3 Å². The van der Waals surface area contributed by atoms with Gasteiger partial charge in [0.25, 0.3) is 0 Å². The quantitative estimate of drug-likeness (QED) is 0.293. The lowest BCUT2D eigenvalue weighted by Crippen LogP contribution is -2.23. The van der Waals surface area contributed by atoms with E-state index in [9.17, 15) is 9.59 Å². The first-order chi connectivity index (χ1) is 17.1. The summed E-state index contributed by atoms with van der Waals surface area (Å²) >= 11 is 6.44. The molecule has 2 aromatic carbocycles. The fourth-order valence-corrected chi connectivity index (χ4v) is 5.06. The average molecular weight is 506 g/mol. The molecule has 0 radical (unpaired) electrons. The first-order valence-electron chi connectivity index (χ1n) is 13.0. The van der Waals surface area contributed by atoms with Crippen LogP contribution in [0, 0.1) is 11.3 Å². The lowest BCUT2D eigenvalue weighted by atomic mass is 9.87. The zero-order valence-corrected chi connectivity index (χ0v) is 22.5. The van der Waals surface area contributed by atoms with Crippen LogP contribution in [0.2, 0.25) is 5.02 Å². The zero-order chi connectivity index (χ0) is 25.9. The topological polar surface area (TPSA) is 56.3 Å². The molecular formula is C31H36ClNO3. The summed E-state index contributed by atoms with van der Waals surface area (Å²) in [5.41, 5.74) is 1.99. The summed E-state index contributed by atoms with van der Waals surface area (Å²) in [6, 6.07) is 13.4. The van der Waals surface area contributed by atoms with Gasteiger partial charge in [0.15, 0.2) is 5.78 Å². The van der Waals surface area contributed by atoms with Crippen LogP contribution in [-0.4, -0.2) is 22.7 Å². The van der Waals surface area contributed by atoms with Crippen LogP contribution >= 0.6 is 11.6 Å². The van der Waals surface area contributed by atoms with Gasteiger partial charge in [0.1, 0.15) is 11.9 Å². The summed E-state index contributed by atoms with van der Waals surface area (Å²) in [5.74, 6) is 1.56. The molecule has 190 valence electrons. The van der Waals surface area contributed by atoms with Crippen LogP contribution in [0.4, 0.5) is 0 Å². The lowest BCUT2D eigenvalue weighted by molar-refractivity contribution is -0.126. The maximum absolute atomic E-state index is 13.4. The molecule has 4 nitrogen and oxygen atoms in total. The molecule has 4 rings (SSSR count). The molecule has 0 saturated heterocycles. The molecule has 0 aliphatic heterocycles. The number of ketones is 2. The van der Waals surface area contributed by atoms with Crippen molar-refractivity contribution in [3.05, 3.63) is 70.4 Å². The minimum atomic E-state index is -0.369. The summed E-state index contributed by atoms with van der Waals surface area (Å²) in [4.78, 5) is 30.2. The van der Waals surface area contributed by atoms with Gasteiger partial charge in [0.05, 0.1) is 5.02 Å². The Balaban J connectivity index is 1.52. The predicted octanol–water partition coefficient (Wildman–Crippen LogP) is 7.82. The van der Waals surface area contributed by atoms with Gasteiger partial charge in [-0.1, -0.05) is 57.5 Å². The maximum Gasteiger partial charge on any atom is 0.221 e. The third-order valence-corrected chi connectivity index (χ3v) is 7.59. The summed E-state index contributed by atoms with van der Waals surface area (Å²) in [5, 5.41) is 2.34. The second kappa shape index (κ2) is 11.1. The van der Waals surface area contributed by atoms with Crippen LogP contribution in [0.15, 0.2) is 48.7 Å². The lowest BCUT2D eigenvalue weighted by Gasteiger charge is -2.26. The molecule has 1 aliphatic rings. The molecule has 0 bridgehead atoms. The number of halogens is 1. The molecule has 1 saturated carbocycles. The number of carbonyl (C=O) groups is 2. The third kappa shape index (κ3) is 6.34. The number of rotatable bonds is 8. The second-order valence-corrected chi connectivity index (χ2v) is 11.6. The number of aryl methyl sites for hydroxylation is 1. The molecule has 3 aromatic rings. The monoisotopic (exact) mass is 505 g/mol. The van der Waals surface area contributed by atoms with Gasteiger partial charge in [-0.2, -0.15) is 0 Å². The van der Waals surface area contributed by atoms with Gasteiger partial charge in [0.2, 0.25) is 5.88 Å². The van der Waals surface area contributed by atoms with E-state index >= 15 is 0 Å². The average Bonchev–Trinajstić information content (AvgIpc) is 2.84. The number of hydrogen-bond donors (Lipinski definition) is 0. The van der Waals surface area contributed by atoms with Gasteiger partial charge in [-0.15, -0.1) is 0 Å². The van der Waals surface area contributed by atoms with E-state index in [2.05, 4.69) is 11.9 Å². The molecule has 0 unspecified atom stereocenters. The zero-order valence-electron chi connectivity index (χ0n) is 21.8. The van der Waals surface area contributed by atoms with E-state index in [0.29, 0.717) is 29.3 Å². The second-order valence-electron chi connectivity index (χ2n) is 11.2. The fraction of sp³-hybridized carbons (Fsp3) is 0.452. The first-order valence-corrected chi connectivity index (χ1v) is 13.4. The van der Waals surface area contributed by atoms with Crippen molar-refractivity contribution < 1.29 is 14.3 Å². The Hall–Kier alpha value is -2.72. The number of nitrogens with zero attached hydrogens (tertiary/aromatic N) is 1. The molecule has 0 N–H and O–H groups in total. The third-order valence-electron chi connectivity index (χ3n) is 7.26. The standard InChI is InChI=1S/C31H36ClNO3/c1-20-8-12-23(13-9-20)36-30-25-7-5-6-22(24(25)16-17-33-30)19-28(34)26-18-21(10-14-27(26)32)11-15-29(35)31(2,3)4/h5-7,10,14,16-18,20,23H,8-9,11-13,15,19H2,1-4H3. The van der Waals surface area contributed by atoms with Crippen molar-refractivity contribution in [2.45, 2.75) is 78.7 Å². The molecule has 1 fully saturated rings. The van der Waals surface area contributed by atoms with Gasteiger partial charge in [-0.05, 0) is 78.8 Å². The molecule has 36 heavy (non-hydrogen) atoms. The van der Waals surface area contributed by atoms with Gasteiger partial charge in [-0.3, -0.25) is 9.59 Å². The molecule has 1 aromatic heterocycles. The van der Waals surface area contributed by atoms with E-state index < -0.39 is 0 Å². The predicted molar refractivity (Wildman–Crippen MR) is 146 cm³/mol. The van der Waals surface area contributed by atoms with Crippen molar-refractivity contribution in [1.29, 1.82) is 0 Å². The van der Waals surface area contributed by atoms with E-state index in [1.165, 1.54) is 12.8 Å². The van der Waals surface area contributed by atoms with Crippen molar-refractivity contribution >= 4 is 33.9 Å². The Morgan fingerprint density at radius 2 is 1.78 bits per heavy atom. The summed E-state index contributed by atoms with van der Waals surface area (Å²) in [6.45, 7) is 8.08. The van der Waals surface area contributed by atoms with Gasteiger partial charge >= 0.3 is 0 Å². The van der Waals surface area contributed by atoms with E-state index in [1.807, 2.05) is 57.2 Å². The minimum absolute atomic E-state index is 0.0444. The highest BCUT2D eigenvalue weighted by Gasteiger charge is 2.22. The molecule has 0 atom stereocenters. The van der Waals surface area contributed by atoms with Crippen LogP contribution in [0.1, 0.15) is 81.3 Å². The Morgan fingerprint density at radius 1 is 1.03 bits per heavy atom. The summed E-state index contributed by atoms with van der Waals surface area (Å²) in [6.07, 6.45) is 7.67. The molecule has 0 amide bonds. The highest BCUT2D eigenvalue weighted by molar-refractivity contribution is 6.34. The SMILES string of the molecule is CC1CCC(Oc2nccc3c(CC(=O)c4cc(CCC(=O)C(C)(C)C)ccc4Cl)cccc23)CC1. The highest BCUT2D eigenvalue weighted by atomic mass is 35.5. The van der Waals surface area contributed by atoms with Crippen molar-refractivity contribution in [3.8, 4) is 5.88 Å². The molecule has 1 heterocycles. The van der Waals surface area contributed by atoms with Crippen LogP contribution in [0.5, 0.6) is 5.88 Å². The number of hydrogen-bond acceptors (Lipinski definition) is 4. The largest absolute Gasteiger partial charge is 0.474 e. The number of Topliss-reactive ketones (excluding diaryl/α,β-unsaturated/α-hetero) is 2. The summed E-state index contributed by atoms with van der Waals surface area (Å²) < 4.78 is 6.32. The number of benzene rings is 2. The van der Waals surface area contributed by atoms with E-state index in [0.717, 1.165) is 40.7 Å². The Bertz CT molecular complexity index is 1250. The molecule has 5 heteroatoms. The number of fused-ring (bicyclic) bond motifs is 1. The van der Waals surface area contributed by atoms with Crippen molar-refractivity contribution in [1.82, 2.24) is 4.98 Å².